The van der Waals surface area contributed by atoms with Crippen LogP contribution in [0.25, 0.3) is 10.9 Å². The second kappa shape index (κ2) is 8.97. The number of carbonyl (C=O) groups excluding carboxylic acids is 1. The summed E-state index contributed by atoms with van der Waals surface area (Å²) in [5.41, 5.74) is 2.93. The van der Waals surface area contributed by atoms with Gasteiger partial charge in [-0.3, -0.25) is 9.89 Å². The van der Waals surface area contributed by atoms with E-state index in [-0.39, 0.29) is 17.4 Å². The quantitative estimate of drug-likeness (QED) is 0.583. The van der Waals surface area contributed by atoms with Gasteiger partial charge in [0.2, 0.25) is 5.91 Å². The lowest BCUT2D eigenvalue weighted by Gasteiger charge is -2.27. The summed E-state index contributed by atoms with van der Waals surface area (Å²) < 4.78 is 0. The molecule has 0 spiro atoms. The van der Waals surface area contributed by atoms with Gasteiger partial charge in [-0.15, -0.1) is 0 Å². The Morgan fingerprint density at radius 2 is 1.97 bits per heavy atom. The molecule has 29 heavy (non-hydrogen) atoms. The third-order valence-electron chi connectivity index (χ3n) is 5.49. The van der Waals surface area contributed by atoms with Crippen molar-refractivity contribution in [2.75, 3.05) is 20.6 Å². The summed E-state index contributed by atoms with van der Waals surface area (Å²) in [6.45, 7) is 4.77. The van der Waals surface area contributed by atoms with Crippen molar-refractivity contribution in [3.05, 3.63) is 64.8 Å². The molecule has 2 N–H and O–H groups in total. The number of hydrogen-bond acceptors (Lipinski definition) is 3. The van der Waals surface area contributed by atoms with Gasteiger partial charge in [0.05, 0.1) is 11.7 Å². The van der Waals surface area contributed by atoms with Crippen LogP contribution in [0.4, 0.5) is 0 Å². The molecule has 0 radical (unpaired) electrons. The van der Waals surface area contributed by atoms with Crippen LogP contribution in [0.5, 0.6) is 0 Å². The Morgan fingerprint density at radius 3 is 2.66 bits per heavy atom. The van der Waals surface area contributed by atoms with Crippen LogP contribution in [-0.4, -0.2) is 47.7 Å². The maximum Gasteiger partial charge on any atom is 0.220 e. The van der Waals surface area contributed by atoms with Crippen molar-refractivity contribution >= 4 is 28.4 Å². The Bertz CT molecular complexity index is 965. The van der Waals surface area contributed by atoms with Gasteiger partial charge in [0.25, 0.3) is 0 Å². The number of nitrogens with zero attached hydrogens (tertiary/aromatic N) is 2. The molecule has 0 fully saturated rings. The van der Waals surface area contributed by atoms with Gasteiger partial charge in [-0.05, 0) is 49.2 Å². The summed E-state index contributed by atoms with van der Waals surface area (Å²) in [5.74, 6) is 0.0575. The van der Waals surface area contributed by atoms with Gasteiger partial charge in [0.15, 0.2) is 0 Å². The number of amides is 1. The number of likely N-dealkylation sites (N-methyl/N-ethyl adjacent to an activating group) is 1. The van der Waals surface area contributed by atoms with E-state index in [1.54, 1.807) is 6.20 Å². The minimum Gasteiger partial charge on any atom is -0.354 e. The number of fused-ring (bicyclic) bond motifs is 1. The first-order valence-corrected chi connectivity index (χ1v) is 10.2. The molecule has 1 aromatic heterocycles. The molecular formula is C23H29ClN4O. The largest absolute Gasteiger partial charge is 0.354 e. The van der Waals surface area contributed by atoms with Crippen molar-refractivity contribution in [2.24, 2.45) is 0 Å². The van der Waals surface area contributed by atoms with Crippen LogP contribution >= 0.6 is 11.6 Å². The summed E-state index contributed by atoms with van der Waals surface area (Å²) in [5, 5.41) is 11.9. The fraction of sp³-hybridized carbons (Fsp3) is 0.391. The predicted molar refractivity (Wildman–Crippen MR) is 119 cm³/mol. The summed E-state index contributed by atoms with van der Waals surface area (Å²) >= 11 is 6.47. The number of hydrogen-bond donors (Lipinski definition) is 2. The molecule has 0 unspecified atom stereocenters. The van der Waals surface area contributed by atoms with Crippen LogP contribution in [0.15, 0.2) is 48.7 Å². The van der Waals surface area contributed by atoms with E-state index in [0.29, 0.717) is 18.0 Å². The smallest absolute Gasteiger partial charge is 0.220 e. The molecule has 5 nitrogen and oxygen atoms in total. The molecule has 0 saturated heterocycles. The third-order valence-corrected chi connectivity index (χ3v) is 5.84. The first-order valence-electron chi connectivity index (χ1n) is 9.86. The Labute approximate surface area is 177 Å². The number of H-pyrrole nitrogens is 1. The first-order chi connectivity index (χ1) is 13.8. The summed E-state index contributed by atoms with van der Waals surface area (Å²) in [7, 11) is 4.05. The van der Waals surface area contributed by atoms with Crippen molar-refractivity contribution in [3.8, 4) is 0 Å². The highest BCUT2D eigenvalue weighted by atomic mass is 35.5. The minimum absolute atomic E-state index is 0.0575. The zero-order valence-electron chi connectivity index (χ0n) is 17.5. The van der Waals surface area contributed by atoms with Gasteiger partial charge in [0, 0.05) is 29.4 Å². The molecule has 3 rings (SSSR count). The van der Waals surface area contributed by atoms with Crippen LogP contribution < -0.4 is 5.32 Å². The second-order valence-corrected chi connectivity index (χ2v) is 8.86. The Hall–Kier alpha value is -2.37. The molecule has 0 aliphatic rings. The van der Waals surface area contributed by atoms with Crippen LogP contribution in [0, 0.1) is 0 Å². The van der Waals surface area contributed by atoms with Crippen LogP contribution in [0.2, 0.25) is 5.02 Å². The highest BCUT2D eigenvalue weighted by Gasteiger charge is 2.25. The molecule has 0 aliphatic heterocycles. The van der Waals surface area contributed by atoms with Crippen molar-refractivity contribution in [1.82, 2.24) is 20.4 Å². The molecule has 6 heteroatoms. The maximum atomic E-state index is 12.7. The summed E-state index contributed by atoms with van der Waals surface area (Å²) in [6, 6.07) is 14.3. The van der Waals surface area contributed by atoms with Crippen molar-refractivity contribution < 1.29 is 4.79 Å². The zero-order chi connectivity index (χ0) is 21.0. The van der Waals surface area contributed by atoms with Crippen molar-refractivity contribution in [1.29, 1.82) is 0 Å². The van der Waals surface area contributed by atoms with Crippen LogP contribution in [-0.2, 0) is 16.6 Å². The lowest BCUT2D eigenvalue weighted by Crippen LogP contribution is -2.42. The highest BCUT2D eigenvalue weighted by Crippen LogP contribution is 2.27. The Balaban J connectivity index is 1.63. The molecule has 0 aliphatic carbocycles. The van der Waals surface area contributed by atoms with E-state index in [4.69, 9.17) is 11.6 Å². The summed E-state index contributed by atoms with van der Waals surface area (Å²) in [6.07, 6.45) is 2.99. The van der Waals surface area contributed by atoms with E-state index in [1.165, 1.54) is 5.56 Å². The van der Waals surface area contributed by atoms with Gasteiger partial charge in [-0.2, -0.15) is 5.10 Å². The predicted octanol–water partition coefficient (Wildman–Crippen LogP) is 4.17. The average molecular weight is 413 g/mol. The topological polar surface area (TPSA) is 61.0 Å². The zero-order valence-corrected chi connectivity index (χ0v) is 18.3. The van der Waals surface area contributed by atoms with Gasteiger partial charge < -0.3 is 10.2 Å². The fourth-order valence-electron chi connectivity index (χ4n) is 3.55. The first kappa shape index (κ1) is 21.3. The van der Waals surface area contributed by atoms with Gasteiger partial charge in [0.1, 0.15) is 0 Å². The molecule has 2 aromatic carbocycles. The Kier molecular flexibility index (Phi) is 6.60. The molecule has 3 aromatic rings. The molecular weight excluding hydrogens is 384 g/mol. The average Bonchev–Trinajstić information content (AvgIpc) is 3.12. The van der Waals surface area contributed by atoms with E-state index in [1.807, 2.05) is 38.4 Å². The number of halogens is 1. The second-order valence-electron chi connectivity index (χ2n) is 8.45. The maximum absolute atomic E-state index is 12.7. The number of aromatic amines is 1. The van der Waals surface area contributed by atoms with Gasteiger partial charge >= 0.3 is 0 Å². The van der Waals surface area contributed by atoms with E-state index in [2.05, 4.69) is 52.5 Å². The molecule has 1 atom stereocenters. The fourth-order valence-corrected chi connectivity index (χ4v) is 3.79. The van der Waals surface area contributed by atoms with Crippen LogP contribution in [0.1, 0.15) is 31.4 Å². The highest BCUT2D eigenvalue weighted by molar-refractivity contribution is 6.32. The SMILES string of the molecule is CN(C)[C@H](CNC(=O)CC(C)(C)c1ccccc1)Cc1cc2cn[nH]c2cc1Cl. The number of nitrogens with one attached hydrogen (secondary N) is 2. The molecule has 0 saturated carbocycles. The lowest BCUT2D eigenvalue weighted by atomic mass is 9.81. The number of carbonyl (C=O) groups is 1. The van der Waals surface area contributed by atoms with E-state index >= 15 is 0 Å². The Morgan fingerprint density at radius 1 is 1.24 bits per heavy atom. The monoisotopic (exact) mass is 412 g/mol. The van der Waals surface area contributed by atoms with E-state index < -0.39 is 0 Å². The lowest BCUT2D eigenvalue weighted by molar-refractivity contribution is -0.122. The molecule has 1 heterocycles. The van der Waals surface area contributed by atoms with Crippen molar-refractivity contribution in [3.63, 3.8) is 0 Å². The summed E-state index contributed by atoms with van der Waals surface area (Å²) in [4.78, 5) is 14.8. The molecule has 154 valence electrons. The number of benzene rings is 2. The van der Waals surface area contributed by atoms with Crippen molar-refractivity contribution in [2.45, 2.75) is 38.1 Å². The van der Waals surface area contributed by atoms with E-state index in [9.17, 15) is 4.79 Å². The minimum atomic E-state index is -0.214. The number of rotatable bonds is 8. The molecule has 0 bridgehead atoms. The number of aromatic nitrogens is 2. The normalized spacial score (nSPS) is 13.0. The third kappa shape index (κ3) is 5.37. The van der Waals surface area contributed by atoms with Gasteiger partial charge in [-0.1, -0.05) is 55.8 Å². The standard InChI is InChI=1S/C23H29ClN4O/c1-23(2,18-8-6-5-7-9-18)13-22(29)25-15-19(28(3)4)11-16-10-17-14-26-27-21(17)12-20(16)24/h5-10,12,14,19H,11,13,15H2,1-4H3,(H,25,29)(H,26,27)/t19-/m0/s1. The van der Waals surface area contributed by atoms with E-state index in [0.717, 1.165) is 22.9 Å². The van der Waals surface area contributed by atoms with Crippen LogP contribution in [0.3, 0.4) is 0 Å². The van der Waals surface area contributed by atoms with Gasteiger partial charge in [-0.25, -0.2) is 0 Å². The molecule has 1 amide bonds.